The quantitative estimate of drug-likeness (QED) is 0.863. The van der Waals surface area contributed by atoms with Crippen molar-refractivity contribution in [2.75, 3.05) is 13.6 Å². The van der Waals surface area contributed by atoms with Crippen LogP contribution >= 0.6 is 11.6 Å². The average Bonchev–Trinajstić information content (AvgIpc) is 2.46. The van der Waals surface area contributed by atoms with E-state index in [-0.39, 0.29) is 6.10 Å². The van der Waals surface area contributed by atoms with E-state index in [1.165, 1.54) is 11.1 Å². The number of aryl methyl sites for hydroxylation is 1. The lowest BCUT2D eigenvalue weighted by Gasteiger charge is -2.20. The molecule has 20 heavy (non-hydrogen) atoms. The van der Waals surface area contributed by atoms with Gasteiger partial charge in [0.1, 0.15) is 0 Å². The predicted octanol–water partition coefficient (Wildman–Crippen LogP) is 4.13. The minimum Gasteiger partial charge on any atom is -0.367 e. The van der Waals surface area contributed by atoms with Gasteiger partial charge in [0.2, 0.25) is 0 Å². The van der Waals surface area contributed by atoms with Gasteiger partial charge in [-0.1, -0.05) is 54.1 Å². The zero-order valence-corrected chi connectivity index (χ0v) is 12.7. The molecule has 1 N–H and O–H groups in total. The summed E-state index contributed by atoms with van der Waals surface area (Å²) in [5.74, 6) is 0. The highest BCUT2D eigenvalue weighted by Crippen LogP contribution is 2.24. The van der Waals surface area contributed by atoms with Crippen LogP contribution < -0.4 is 5.32 Å². The van der Waals surface area contributed by atoms with Gasteiger partial charge in [-0.05, 0) is 36.7 Å². The second kappa shape index (κ2) is 7.44. The second-order valence-electron chi connectivity index (χ2n) is 4.81. The van der Waals surface area contributed by atoms with Gasteiger partial charge in [0.15, 0.2) is 0 Å². The summed E-state index contributed by atoms with van der Waals surface area (Å²) in [6.45, 7) is 3.40. The molecule has 0 saturated carbocycles. The van der Waals surface area contributed by atoms with Crippen molar-refractivity contribution in [2.45, 2.75) is 19.6 Å². The number of rotatable bonds is 6. The topological polar surface area (TPSA) is 21.3 Å². The molecule has 1 atom stereocenters. The number of likely N-dealkylation sites (N-methyl/N-ethyl adjacent to an activating group) is 1. The van der Waals surface area contributed by atoms with Crippen LogP contribution in [-0.2, 0) is 11.3 Å². The smallest absolute Gasteiger partial charge is 0.0956 e. The molecule has 1 unspecified atom stereocenters. The fourth-order valence-corrected chi connectivity index (χ4v) is 2.39. The van der Waals surface area contributed by atoms with Gasteiger partial charge in [-0.2, -0.15) is 0 Å². The van der Waals surface area contributed by atoms with E-state index in [9.17, 15) is 0 Å². The molecular weight excluding hydrogens is 270 g/mol. The van der Waals surface area contributed by atoms with Gasteiger partial charge in [-0.25, -0.2) is 0 Å². The highest BCUT2D eigenvalue weighted by atomic mass is 35.5. The van der Waals surface area contributed by atoms with Gasteiger partial charge < -0.3 is 10.1 Å². The largest absolute Gasteiger partial charge is 0.367 e. The third-order valence-corrected chi connectivity index (χ3v) is 3.69. The molecule has 0 aliphatic carbocycles. The first kappa shape index (κ1) is 15.0. The molecule has 0 bridgehead atoms. The average molecular weight is 290 g/mol. The first-order valence-corrected chi connectivity index (χ1v) is 7.15. The van der Waals surface area contributed by atoms with Crippen molar-refractivity contribution in [3.8, 4) is 0 Å². The molecule has 0 saturated heterocycles. The Labute approximate surface area is 125 Å². The van der Waals surface area contributed by atoms with Crippen LogP contribution in [0.25, 0.3) is 0 Å². The fraction of sp³-hybridized carbons (Fsp3) is 0.294. The van der Waals surface area contributed by atoms with E-state index in [1.54, 1.807) is 0 Å². The van der Waals surface area contributed by atoms with Crippen LogP contribution in [0, 0.1) is 6.92 Å². The van der Waals surface area contributed by atoms with Crippen LogP contribution in [-0.4, -0.2) is 13.6 Å². The maximum absolute atomic E-state index is 6.17. The summed E-state index contributed by atoms with van der Waals surface area (Å²) in [4.78, 5) is 0. The standard InChI is InChI=1S/C17H20ClNO/c1-13-7-3-5-9-15(13)17(11-19-2)20-12-14-8-4-6-10-16(14)18/h3-10,17,19H,11-12H2,1-2H3. The van der Waals surface area contributed by atoms with Crippen LogP contribution in [0.3, 0.4) is 0 Å². The fourth-order valence-electron chi connectivity index (χ4n) is 2.20. The van der Waals surface area contributed by atoms with Crippen molar-refractivity contribution in [2.24, 2.45) is 0 Å². The molecule has 2 aromatic carbocycles. The molecule has 3 heteroatoms. The van der Waals surface area contributed by atoms with E-state index in [1.807, 2.05) is 43.4 Å². The monoisotopic (exact) mass is 289 g/mol. The zero-order chi connectivity index (χ0) is 14.4. The minimum absolute atomic E-state index is 0.0254. The number of ether oxygens (including phenoxy) is 1. The molecular formula is C17H20ClNO. The maximum atomic E-state index is 6.17. The molecule has 0 amide bonds. The van der Waals surface area contributed by atoms with Crippen molar-refractivity contribution in [1.82, 2.24) is 5.32 Å². The lowest BCUT2D eigenvalue weighted by Crippen LogP contribution is -2.20. The highest BCUT2D eigenvalue weighted by molar-refractivity contribution is 6.31. The number of hydrogen-bond donors (Lipinski definition) is 1. The third kappa shape index (κ3) is 3.83. The van der Waals surface area contributed by atoms with Crippen molar-refractivity contribution in [1.29, 1.82) is 0 Å². The summed E-state index contributed by atoms with van der Waals surface area (Å²) < 4.78 is 6.07. The normalized spacial score (nSPS) is 12.3. The summed E-state index contributed by atoms with van der Waals surface area (Å²) in [7, 11) is 1.93. The Kier molecular flexibility index (Phi) is 5.60. The Morgan fingerprint density at radius 1 is 1.10 bits per heavy atom. The van der Waals surface area contributed by atoms with E-state index in [2.05, 4.69) is 24.4 Å². The lowest BCUT2D eigenvalue weighted by atomic mass is 10.0. The van der Waals surface area contributed by atoms with Crippen molar-refractivity contribution in [3.63, 3.8) is 0 Å². The molecule has 0 aliphatic heterocycles. The van der Waals surface area contributed by atoms with Crippen LogP contribution in [0.5, 0.6) is 0 Å². The molecule has 2 nitrogen and oxygen atoms in total. The molecule has 106 valence electrons. The Bertz CT molecular complexity index is 556. The van der Waals surface area contributed by atoms with Crippen molar-refractivity contribution >= 4 is 11.6 Å². The summed E-state index contributed by atoms with van der Waals surface area (Å²) in [6.07, 6.45) is 0.0254. The summed E-state index contributed by atoms with van der Waals surface area (Å²) in [5, 5.41) is 3.94. The highest BCUT2D eigenvalue weighted by Gasteiger charge is 2.14. The molecule has 0 heterocycles. The first-order chi connectivity index (χ1) is 9.72. The molecule has 0 radical (unpaired) electrons. The van der Waals surface area contributed by atoms with Crippen LogP contribution in [0.15, 0.2) is 48.5 Å². The number of hydrogen-bond acceptors (Lipinski definition) is 2. The lowest BCUT2D eigenvalue weighted by molar-refractivity contribution is 0.0407. The summed E-state index contributed by atoms with van der Waals surface area (Å²) in [5.41, 5.74) is 3.48. The van der Waals surface area contributed by atoms with Gasteiger partial charge in [0, 0.05) is 11.6 Å². The Morgan fingerprint density at radius 2 is 1.80 bits per heavy atom. The number of nitrogens with one attached hydrogen (secondary N) is 1. The number of benzene rings is 2. The molecule has 0 aliphatic rings. The first-order valence-electron chi connectivity index (χ1n) is 6.77. The third-order valence-electron chi connectivity index (χ3n) is 3.32. The predicted molar refractivity (Wildman–Crippen MR) is 84.1 cm³/mol. The Hall–Kier alpha value is -1.35. The van der Waals surface area contributed by atoms with Gasteiger partial charge in [-0.15, -0.1) is 0 Å². The summed E-state index contributed by atoms with van der Waals surface area (Å²) >= 11 is 6.17. The zero-order valence-electron chi connectivity index (χ0n) is 11.9. The second-order valence-corrected chi connectivity index (χ2v) is 5.21. The summed E-state index contributed by atoms with van der Waals surface area (Å²) in [6, 6.07) is 16.1. The van der Waals surface area contributed by atoms with E-state index >= 15 is 0 Å². The van der Waals surface area contributed by atoms with Gasteiger partial charge >= 0.3 is 0 Å². The molecule has 2 aromatic rings. The number of halogens is 1. The van der Waals surface area contributed by atoms with Gasteiger partial charge in [0.05, 0.1) is 12.7 Å². The maximum Gasteiger partial charge on any atom is 0.0956 e. The van der Waals surface area contributed by atoms with Crippen LogP contribution in [0.4, 0.5) is 0 Å². The van der Waals surface area contributed by atoms with E-state index in [4.69, 9.17) is 16.3 Å². The SMILES string of the molecule is CNCC(OCc1ccccc1Cl)c1ccccc1C. The van der Waals surface area contributed by atoms with Crippen molar-refractivity contribution in [3.05, 3.63) is 70.2 Å². The van der Waals surface area contributed by atoms with Gasteiger partial charge in [0.25, 0.3) is 0 Å². The van der Waals surface area contributed by atoms with Crippen LogP contribution in [0.1, 0.15) is 22.8 Å². The van der Waals surface area contributed by atoms with Crippen molar-refractivity contribution < 1.29 is 4.74 Å². The van der Waals surface area contributed by atoms with E-state index < -0.39 is 0 Å². The molecule has 0 fully saturated rings. The molecule has 0 aromatic heterocycles. The minimum atomic E-state index is 0.0254. The molecule has 2 rings (SSSR count). The van der Waals surface area contributed by atoms with Gasteiger partial charge in [-0.3, -0.25) is 0 Å². The van der Waals surface area contributed by atoms with E-state index in [0.717, 1.165) is 17.1 Å². The van der Waals surface area contributed by atoms with E-state index in [0.29, 0.717) is 6.61 Å². The molecule has 0 spiro atoms. The van der Waals surface area contributed by atoms with Crippen LogP contribution in [0.2, 0.25) is 5.02 Å². The Morgan fingerprint density at radius 3 is 2.50 bits per heavy atom. The Balaban J connectivity index is 2.11.